The van der Waals surface area contributed by atoms with Crippen LogP contribution in [0, 0.1) is 6.07 Å². The van der Waals surface area contributed by atoms with Gasteiger partial charge >= 0.3 is 0 Å². The second kappa shape index (κ2) is 3.24. The summed E-state index contributed by atoms with van der Waals surface area (Å²) in [5, 5.41) is 0. The molecule has 15 heavy (non-hydrogen) atoms. The van der Waals surface area contributed by atoms with E-state index < -0.39 is 0 Å². The van der Waals surface area contributed by atoms with Crippen molar-refractivity contribution in [2.75, 3.05) is 0 Å². The summed E-state index contributed by atoms with van der Waals surface area (Å²) < 4.78 is 5.41. The zero-order valence-electron chi connectivity index (χ0n) is 7.97. The van der Waals surface area contributed by atoms with Crippen LogP contribution in [0.1, 0.15) is 0 Å². The lowest BCUT2D eigenvalue weighted by atomic mass is 10.0. The van der Waals surface area contributed by atoms with Crippen LogP contribution in [0.5, 0.6) is 5.75 Å². The van der Waals surface area contributed by atoms with Gasteiger partial charge in [-0.05, 0) is 18.2 Å². The lowest BCUT2D eigenvalue weighted by Gasteiger charge is -2.05. The summed E-state index contributed by atoms with van der Waals surface area (Å²) in [7, 11) is 0. The highest BCUT2D eigenvalue weighted by Crippen LogP contribution is 2.37. The first kappa shape index (κ1) is 8.24. The third-order valence-corrected chi connectivity index (χ3v) is 2.36. The Bertz CT molecular complexity index is 532. The molecule has 0 amide bonds. The van der Waals surface area contributed by atoms with E-state index in [4.69, 9.17) is 4.74 Å². The van der Waals surface area contributed by atoms with Crippen LogP contribution >= 0.6 is 0 Å². The third-order valence-electron chi connectivity index (χ3n) is 2.36. The quantitative estimate of drug-likeness (QED) is 0.631. The van der Waals surface area contributed by atoms with Crippen molar-refractivity contribution < 1.29 is 4.74 Å². The summed E-state index contributed by atoms with van der Waals surface area (Å²) in [4.78, 5) is 4.23. The minimum Gasteiger partial charge on any atom is -0.445 e. The van der Waals surface area contributed by atoms with Gasteiger partial charge in [-0.2, -0.15) is 0 Å². The van der Waals surface area contributed by atoms with Gasteiger partial charge in [-0.3, -0.25) is 0 Å². The molecular formula is C13H8NO. The number of fused-ring (bicyclic) bond motifs is 3. The molecule has 0 saturated heterocycles. The van der Waals surface area contributed by atoms with Crippen LogP contribution in [0.15, 0.2) is 47.5 Å². The number of benzene rings is 2. The summed E-state index contributed by atoms with van der Waals surface area (Å²) >= 11 is 0. The van der Waals surface area contributed by atoms with Gasteiger partial charge in [0.15, 0.2) is 6.40 Å². The van der Waals surface area contributed by atoms with Gasteiger partial charge in [-0.25, -0.2) is 4.99 Å². The highest BCUT2D eigenvalue weighted by molar-refractivity contribution is 5.84. The van der Waals surface area contributed by atoms with Crippen LogP contribution < -0.4 is 4.74 Å². The topological polar surface area (TPSA) is 21.6 Å². The van der Waals surface area contributed by atoms with Crippen LogP contribution in [0.2, 0.25) is 0 Å². The number of nitrogens with zero attached hydrogens (tertiary/aromatic N) is 1. The van der Waals surface area contributed by atoms with E-state index in [1.54, 1.807) is 0 Å². The molecule has 2 aromatic carbocycles. The molecule has 0 aliphatic carbocycles. The smallest absolute Gasteiger partial charge is 0.181 e. The van der Waals surface area contributed by atoms with Crippen LogP contribution in [-0.4, -0.2) is 6.40 Å². The first-order valence-corrected chi connectivity index (χ1v) is 4.74. The maximum atomic E-state index is 5.41. The molecule has 2 heteroatoms. The molecule has 0 saturated carbocycles. The van der Waals surface area contributed by atoms with Crippen molar-refractivity contribution in [3.63, 3.8) is 0 Å². The molecule has 0 fully saturated rings. The Hall–Kier alpha value is -2.09. The van der Waals surface area contributed by atoms with E-state index >= 15 is 0 Å². The fourth-order valence-corrected chi connectivity index (χ4v) is 1.67. The minimum atomic E-state index is 0.797. The molecule has 1 aliphatic rings. The van der Waals surface area contributed by atoms with Gasteiger partial charge in [0.2, 0.25) is 0 Å². The van der Waals surface area contributed by atoms with Crippen molar-refractivity contribution in [2.24, 2.45) is 4.99 Å². The Morgan fingerprint density at radius 2 is 2.00 bits per heavy atom. The summed E-state index contributed by atoms with van der Waals surface area (Å²) in [6, 6.07) is 16.8. The van der Waals surface area contributed by atoms with E-state index in [0.29, 0.717) is 0 Å². The second-order valence-electron chi connectivity index (χ2n) is 3.28. The Kier molecular flexibility index (Phi) is 1.78. The Labute approximate surface area is 87.9 Å². The fourth-order valence-electron chi connectivity index (χ4n) is 1.67. The maximum absolute atomic E-state index is 5.41. The molecule has 0 N–H and O–H groups in total. The van der Waals surface area contributed by atoms with Gasteiger partial charge in [0.1, 0.15) is 5.75 Å². The Morgan fingerprint density at radius 3 is 3.00 bits per heavy atom. The normalized spacial score (nSPS) is 12.3. The van der Waals surface area contributed by atoms with Crippen molar-refractivity contribution in [2.45, 2.75) is 0 Å². The summed E-state index contributed by atoms with van der Waals surface area (Å²) in [6.45, 7) is 0. The molecule has 2 aromatic rings. The number of aliphatic imine (C=N–C) groups is 1. The van der Waals surface area contributed by atoms with Gasteiger partial charge < -0.3 is 4.74 Å². The van der Waals surface area contributed by atoms with Crippen LogP contribution in [-0.2, 0) is 0 Å². The zero-order chi connectivity index (χ0) is 10.1. The molecule has 71 valence electrons. The molecule has 0 bridgehead atoms. The van der Waals surface area contributed by atoms with Crippen LogP contribution in [0.25, 0.3) is 11.1 Å². The molecule has 0 unspecified atom stereocenters. The van der Waals surface area contributed by atoms with Crippen LogP contribution in [0.4, 0.5) is 5.69 Å². The fraction of sp³-hybridized carbons (Fsp3) is 0. The first-order valence-electron chi connectivity index (χ1n) is 4.74. The first-order chi connectivity index (χ1) is 7.45. The van der Waals surface area contributed by atoms with Gasteiger partial charge in [-0.1, -0.05) is 30.3 Å². The number of ether oxygens (including phenoxy) is 1. The van der Waals surface area contributed by atoms with Crippen molar-refractivity contribution in [1.82, 2.24) is 0 Å². The molecule has 1 aliphatic heterocycles. The van der Waals surface area contributed by atoms with Crippen molar-refractivity contribution >= 4 is 12.1 Å². The predicted molar refractivity (Wildman–Crippen MR) is 59.5 cm³/mol. The highest BCUT2D eigenvalue weighted by Gasteiger charge is 2.11. The Morgan fingerprint density at radius 1 is 1.07 bits per heavy atom. The van der Waals surface area contributed by atoms with Crippen molar-refractivity contribution in [3.05, 3.63) is 48.5 Å². The molecule has 3 rings (SSSR count). The van der Waals surface area contributed by atoms with E-state index in [1.165, 1.54) is 6.40 Å². The third kappa shape index (κ3) is 1.31. The second-order valence-corrected chi connectivity index (χ2v) is 3.28. The minimum absolute atomic E-state index is 0.797. The molecule has 1 radical (unpaired) electrons. The number of hydrogen-bond acceptors (Lipinski definition) is 2. The van der Waals surface area contributed by atoms with Crippen molar-refractivity contribution in [3.8, 4) is 16.9 Å². The lowest BCUT2D eigenvalue weighted by molar-refractivity contribution is 0.578. The monoisotopic (exact) mass is 194 g/mol. The van der Waals surface area contributed by atoms with E-state index in [2.05, 4.69) is 11.1 Å². The average molecular weight is 194 g/mol. The number of rotatable bonds is 0. The van der Waals surface area contributed by atoms with Gasteiger partial charge in [0.05, 0.1) is 5.69 Å². The van der Waals surface area contributed by atoms with Gasteiger partial charge in [-0.15, -0.1) is 0 Å². The van der Waals surface area contributed by atoms with E-state index in [1.807, 2.05) is 42.5 Å². The van der Waals surface area contributed by atoms with E-state index in [0.717, 1.165) is 22.6 Å². The van der Waals surface area contributed by atoms with Gasteiger partial charge in [0, 0.05) is 11.1 Å². The average Bonchev–Trinajstić information content (AvgIpc) is 2.48. The molecule has 0 aromatic heterocycles. The molecule has 0 spiro atoms. The lowest BCUT2D eigenvalue weighted by Crippen LogP contribution is -1.88. The maximum Gasteiger partial charge on any atom is 0.181 e. The Balaban J connectivity index is 2.33. The summed E-state index contributed by atoms with van der Waals surface area (Å²) in [6.07, 6.45) is 1.47. The van der Waals surface area contributed by atoms with E-state index in [9.17, 15) is 0 Å². The molecule has 0 atom stereocenters. The number of para-hydroxylation sites is 1. The van der Waals surface area contributed by atoms with Gasteiger partial charge in [0.25, 0.3) is 0 Å². The SMILES string of the molecule is [c]1cccc2c1-c1ccccc1N=CO2. The van der Waals surface area contributed by atoms with Crippen molar-refractivity contribution in [1.29, 1.82) is 0 Å². The standard InChI is InChI=1S/C13H8NO/c1-3-7-12-10(5-1)11-6-2-4-8-13(11)15-9-14-12/h1-5,7-9H. The molecule has 1 heterocycles. The van der Waals surface area contributed by atoms with Crippen LogP contribution in [0.3, 0.4) is 0 Å². The highest BCUT2D eigenvalue weighted by atomic mass is 16.5. The predicted octanol–water partition coefficient (Wildman–Crippen LogP) is 3.21. The van der Waals surface area contributed by atoms with E-state index in [-0.39, 0.29) is 0 Å². The molecule has 2 nitrogen and oxygen atoms in total. The number of hydrogen-bond donors (Lipinski definition) is 0. The largest absolute Gasteiger partial charge is 0.445 e. The summed E-state index contributed by atoms with van der Waals surface area (Å²) in [5.74, 6) is 0.797. The summed E-state index contributed by atoms with van der Waals surface area (Å²) in [5.41, 5.74) is 2.94. The zero-order valence-corrected chi connectivity index (χ0v) is 7.97. The molecular weight excluding hydrogens is 186 g/mol.